The Morgan fingerprint density at radius 2 is 2.00 bits per heavy atom. The first kappa shape index (κ1) is 14.2. The van der Waals surface area contributed by atoms with Gasteiger partial charge in [0.05, 0.1) is 18.4 Å². The maximum Gasteiger partial charge on any atom is 0.337 e. The molecule has 0 radical (unpaired) electrons. The number of hydrogen-bond donors (Lipinski definition) is 3. The molecule has 0 atom stereocenters. The molecule has 0 heterocycles. The summed E-state index contributed by atoms with van der Waals surface area (Å²) in [7, 11) is 1.32. The number of guanidine groups is 2. The molecule has 0 amide bonds. The van der Waals surface area contributed by atoms with Crippen LogP contribution in [0.5, 0.6) is 0 Å². The van der Waals surface area contributed by atoms with E-state index in [2.05, 4.69) is 14.7 Å². The number of nitrogens with zero attached hydrogens (tertiary/aromatic N) is 2. The van der Waals surface area contributed by atoms with Gasteiger partial charge in [-0.25, -0.2) is 9.79 Å². The Kier molecular flexibility index (Phi) is 4.89. The molecule has 7 nitrogen and oxygen atoms in total. The van der Waals surface area contributed by atoms with E-state index in [1.165, 1.54) is 7.11 Å². The number of aliphatic imine (C=N–C) groups is 2. The highest BCUT2D eigenvalue weighted by Gasteiger charge is 2.08. The number of ether oxygens (including phenoxy) is 1. The lowest BCUT2D eigenvalue weighted by Crippen LogP contribution is -2.26. The number of halogens is 1. The molecule has 0 unspecified atom stereocenters. The molecule has 0 fully saturated rings. The van der Waals surface area contributed by atoms with Gasteiger partial charge in [-0.3, -0.25) is 0 Å². The van der Waals surface area contributed by atoms with Crippen LogP contribution in [0.15, 0.2) is 28.2 Å². The standard InChI is InChI=1S/C10H12IN5O2/c1-18-8(17)5-2-3-7(6(11)4-5)15-10(14)16-9(12)13/h2-4H,1H3,(H6,12,13,14,15,16). The monoisotopic (exact) mass is 361 g/mol. The molecule has 0 aliphatic heterocycles. The summed E-state index contributed by atoms with van der Waals surface area (Å²) in [6.07, 6.45) is 0. The molecule has 8 heteroatoms. The largest absolute Gasteiger partial charge is 0.465 e. The van der Waals surface area contributed by atoms with Crippen LogP contribution in [0.25, 0.3) is 0 Å². The van der Waals surface area contributed by atoms with Crippen molar-refractivity contribution in [2.75, 3.05) is 7.11 Å². The van der Waals surface area contributed by atoms with Crippen molar-refractivity contribution in [2.24, 2.45) is 27.2 Å². The molecule has 1 rings (SSSR count). The molecule has 0 bridgehead atoms. The Morgan fingerprint density at radius 1 is 1.33 bits per heavy atom. The van der Waals surface area contributed by atoms with Crippen LogP contribution in [0.3, 0.4) is 0 Å². The minimum atomic E-state index is -0.416. The second kappa shape index (κ2) is 6.19. The zero-order chi connectivity index (χ0) is 13.7. The van der Waals surface area contributed by atoms with Crippen LogP contribution in [0.2, 0.25) is 0 Å². The predicted molar refractivity (Wildman–Crippen MR) is 77.6 cm³/mol. The summed E-state index contributed by atoms with van der Waals surface area (Å²) in [5.74, 6) is -0.642. The zero-order valence-electron chi connectivity index (χ0n) is 9.55. The van der Waals surface area contributed by atoms with Crippen molar-refractivity contribution in [3.05, 3.63) is 27.3 Å². The van der Waals surface area contributed by atoms with Gasteiger partial charge in [0, 0.05) is 3.57 Å². The Bertz CT molecular complexity index is 523. The summed E-state index contributed by atoms with van der Waals surface area (Å²) < 4.78 is 5.33. The fourth-order valence-corrected chi connectivity index (χ4v) is 1.76. The number of carbonyl (C=O) groups is 1. The van der Waals surface area contributed by atoms with E-state index in [-0.39, 0.29) is 11.9 Å². The second-order valence-electron chi connectivity index (χ2n) is 3.16. The summed E-state index contributed by atoms with van der Waals surface area (Å²) in [4.78, 5) is 18.9. The van der Waals surface area contributed by atoms with Gasteiger partial charge in [0.15, 0.2) is 5.96 Å². The molecule has 0 aliphatic carbocycles. The van der Waals surface area contributed by atoms with Gasteiger partial charge < -0.3 is 21.9 Å². The van der Waals surface area contributed by atoms with Crippen molar-refractivity contribution >= 4 is 46.2 Å². The van der Waals surface area contributed by atoms with E-state index in [0.29, 0.717) is 11.3 Å². The Hall–Kier alpha value is -1.84. The molecule has 0 saturated heterocycles. The Morgan fingerprint density at radius 3 is 2.50 bits per heavy atom. The van der Waals surface area contributed by atoms with Crippen LogP contribution in [0.1, 0.15) is 10.4 Å². The lowest BCUT2D eigenvalue weighted by Gasteiger charge is -2.03. The maximum absolute atomic E-state index is 11.3. The van der Waals surface area contributed by atoms with Crippen LogP contribution in [-0.2, 0) is 4.74 Å². The average Bonchev–Trinajstić information content (AvgIpc) is 2.29. The second-order valence-corrected chi connectivity index (χ2v) is 4.33. The molecule has 18 heavy (non-hydrogen) atoms. The van der Waals surface area contributed by atoms with Crippen molar-refractivity contribution in [1.29, 1.82) is 0 Å². The molecule has 0 aliphatic rings. The lowest BCUT2D eigenvalue weighted by atomic mass is 10.2. The molecular weight excluding hydrogens is 349 g/mol. The van der Waals surface area contributed by atoms with Crippen LogP contribution in [0.4, 0.5) is 5.69 Å². The Labute approximate surface area is 117 Å². The van der Waals surface area contributed by atoms with Crippen molar-refractivity contribution in [3.8, 4) is 0 Å². The van der Waals surface area contributed by atoms with Gasteiger partial charge >= 0.3 is 5.97 Å². The highest BCUT2D eigenvalue weighted by Crippen LogP contribution is 2.23. The van der Waals surface area contributed by atoms with Gasteiger partial charge in [-0.15, -0.1) is 0 Å². The van der Waals surface area contributed by atoms with Crippen molar-refractivity contribution in [3.63, 3.8) is 0 Å². The predicted octanol–water partition coefficient (Wildman–Crippen LogP) is 0.297. The third kappa shape index (κ3) is 3.87. The van der Waals surface area contributed by atoms with Crippen molar-refractivity contribution in [2.45, 2.75) is 0 Å². The lowest BCUT2D eigenvalue weighted by molar-refractivity contribution is 0.0600. The number of esters is 1. The van der Waals surface area contributed by atoms with E-state index >= 15 is 0 Å². The average molecular weight is 361 g/mol. The van der Waals surface area contributed by atoms with E-state index in [9.17, 15) is 4.79 Å². The highest BCUT2D eigenvalue weighted by atomic mass is 127. The number of nitrogens with two attached hydrogens (primary N) is 3. The van der Waals surface area contributed by atoms with Crippen LogP contribution >= 0.6 is 22.6 Å². The van der Waals surface area contributed by atoms with E-state index < -0.39 is 5.97 Å². The van der Waals surface area contributed by atoms with E-state index in [4.69, 9.17) is 17.2 Å². The molecule has 6 N–H and O–H groups in total. The van der Waals surface area contributed by atoms with E-state index in [1.807, 2.05) is 22.6 Å². The fraction of sp³-hybridized carbons (Fsp3) is 0.100. The molecule has 1 aromatic rings. The molecular formula is C10H12IN5O2. The van der Waals surface area contributed by atoms with Gasteiger partial charge in [-0.05, 0) is 40.8 Å². The smallest absolute Gasteiger partial charge is 0.337 e. The summed E-state index contributed by atoms with van der Waals surface area (Å²) in [5, 5.41) is 0. The maximum atomic E-state index is 11.3. The zero-order valence-corrected chi connectivity index (χ0v) is 11.7. The third-order valence-electron chi connectivity index (χ3n) is 1.85. The Balaban J connectivity index is 3.07. The summed E-state index contributed by atoms with van der Waals surface area (Å²) >= 11 is 2.02. The minimum Gasteiger partial charge on any atom is -0.465 e. The topological polar surface area (TPSA) is 129 Å². The third-order valence-corrected chi connectivity index (χ3v) is 2.71. The number of hydrogen-bond acceptors (Lipinski definition) is 3. The summed E-state index contributed by atoms with van der Waals surface area (Å²) in [5.41, 5.74) is 16.8. The van der Waals surface area contributed by atoms with Crippen LogP contribution in [-0.4, -0.2) is 25.0 Å². The first-order chi connectivity index (χ1) is 8.43. The molecule has 96 valence electrons. The van der Waals surface area contributed by atoms with Crippen molar-refractivity contribution < 1.29 is 9.53 Å². The van der Waals surface area contributed by atoms with Crippen LogP contribution < -0.4 is 17.2 Å². The van der Waals surface area contributed by atoms with Gasteiger partial charge in [0.2, 0.25) is 5.96 Å². The fourth-order valence-electron chi connectivity index (χ4n) is 1.12. The number of methoxy groups -OCH3 is 1. The first-order valence-corrected chi connectivity index (χ1v) is 5.83. The van der Waals surface area contributed by atoms with E-state index in [0.717, 1.165) is 3.57 Å². The van der Waals surface area contributed by atoms with Gasteiger partial charge in [0.25, 0.3) is 0 Å². The summed E-state index contributed by atoms with van der Waals surface area (Å²) in [6.45, 7) is 0. The molecule has 0 aromatic heterocycles. The van der Waals surface area contributed by atoms with Crippen molar-refractivity contribution in [1.82, 2.24) is 0 Å². The number of benzene rings is 1. The van der Waals surface area contributed by atoms with E-state index in [1.54, 1.807) is 18.2 Å². The minimum absolute atomic E-state index is 0.0567. The van der Waals surface area contributed by atoms with Crippen LogP contribution in [0, 0.1) is 3.57 Å². The number of rotatable bonds is 2. The normalized spacial score (nSPS) is 10.9. The summed E-state index contributed by atoms with van der Waals surface area (Å²) in [6, 6.07) is 4.84. The van der Waals surface area contributed by atoms with Gasteiger partial charge in [-0.1, -0.05) is 0 Å². The SMILES string of the molecule is COC(=O)c1ccc(N=C(N)N=C(N)N)c(I)c1. The number of carbonyl (C=O) groups excluding carboxylic acids is 1. The quantitative estimate of drug-likeness (QED) is 0.302. The molecule has 1 aromatic carbocycles. The van der Waals surface area contributed by atoms with Gasteiger partial charge in [0.1, 0.15) is 0 Å². The highest BCUT2D eigenvalue weighted by molar-refractivity contribution is 14.1. The molecule has 0 spiro atoms. The first-order valence-electron chi connectivity index (χ1n) is 4.75. The van der Waals surface area contributed by atoms with Gasteiger partial charge in [-0.2, -0.15) is 4.99 Å². The molecule has 0 saturated carbocycles.